The van der Waals surface area contributed by atoms with Gasteiger partial charge in [-0.05, 0) is 36.2 Å². The molecule has 3 rings (SSSR count). The van der Waals surface area contributed by atoms with Crippen LogP contribution < -0.4 is 10.6 Å². The van der Waals surface area contributed by atoms with Gasteiger partial charge in [0.15, 0.2) is 5.96 Å². The van der Waals surface area contributed by atoms with Crippen molar-refractivity contribution in [2.45, 2.75) is 13.5 Å². The van der Waals surface area contributed by atoms with Crippen molar-refractivity contribution in [3.05, 3.63) is 52.3 Å². The third-order valence-corrected chi connectivity index (χ3v) is 4.65. The highest BCUT2D eigenvalue weighted by molar-refractivity contribution is 14.0. The molecular weight excluding hydrogens is 495 g/mol. The Morgan fingerprint density at radius 3 is 2.56 bits per heavy atom. The molecule has 0 radical (unpaired) electrons. The van der Waals surface area contributed by atoms with E-state index in [-0.39, 0.29) is 24.0 Å². The number of aliphatic imine (C=N–C) groups is 1. The van der Waals surface area contributed by atoms with E-state index >= 15 is 0 Å². The molecule has 1 fully saturated rings. The monoisotopic (exact) mass is 516 g/mol. The van der Waals surface area contributed by atoms with Crippen molar-refractivity contribution in [1.29, 1.82) is 0 Å². The first-order valence-corrected chi connectivity index (χ1v) is 8.74. The van der Waals surface area contributed by atoms with E-state index in [2.05, 4.69) is 59.7 Å². The van der Waals surface area contributed by atoms with E-state index in [0.717, 1.165) is 36.6 Å². The summed E-state index contributed by atoms with van der Waals surface area (Å²) in [4.78, 5) is 17.4. The van der Waals surface area contributed by atoms with Crippen molar-refractivity contribution < 1.29 is 0 Å². The Morgan fingerprint density at radius 2 is 1.88 bits per heavy atom. The molecule has 0 spiro atoms. The molecule has 0 saturated carbocycles. The van der Waals surface area contributed by atoms with Crippen LogP contribution in [0.25, 0.3) is 0 Å². The van der Waals surface area contributed by atoms with Gasteiger partial charge in [0.25, 0.3) is 0 Å². The Kier molecular flexibility index (Phi) is 7.42. The maximum absolute atomic E-state index is 6.18. The molecule has 0 amide bonds. The molecule has 0 aliphatic carbocycles. The highest BCUT2D eigenvalue weighted by Gasteiger charge is 2.19. The van der Waals surface area contributed by atoms with Crippen LogP contribution in [-0.2, 0) is 6.54 Å². The molecule has 1 aliphatic heterocycles. The summed E-state index contributed by atoms with van der Waals surface area (Å²) < 4.78 is 1.06. The summed E-state index contributed by atoms with van der Waals surface area (Å²) in [7, 11) is 0. The van der Waals surface area contributed by atoms with Crippen LogP contribution in [0, 0.1) is 6.92 Å². The SMILES string of the molecule is Cc1ccc(Br)cc1CN=C(N)N1CCN(c2ncccn2)CC1.I. The third-order valence-electron chi connectivity index (χ3n) is 4.16. The van der Waals surface area contributed by atoms with Crippen molar-refractivity contribution in [2.24, 2.45) is 10.7 Å². The number of halogens is 2. The van der Waals surface area contributed by atoms with Gasteiger partial charge in [0.1, 0.15) is 0 Å². The van der Waals surface area contributed by atoms with E-state index in [9.17, 15) is 0 Å². The lowest BCUT2D eigenvalue weighted by atomic mass is 10.1. The minimum atomic E-state index is 0. The van der Waals surface area contributed by atoms with Crippen molar-refractivity contribution in [2.75, 3.05) is 31.1 Å². The fraction of sp³-hybridized carbons (Fsp3) is 0.353. The zero-order valence-electron chi connectivity index (χ0n) is 14.1. The smallest absolute Gasteiger partial charge is 0.225 e. The Hall–Kier alpha value is -1.42. The summed E-state index contributed by atoms with van der Waals surface area (Å²) in [5, 5.41) is 0. The minimum absolute atomic E-state index is 0. The van der Waals surface area contributed by atoms with Gasteiger partial charge in [-0.1, -0.05) is 22.0 Å². The normalized spacial score (nSPS) is 15.0. The molecule has 1 saturated heterocycles. The molecule has 0 atom stereocenters. The summed E-state index contributed by atoms with van der Waals surface area (Å²) in [6.45, 7) is 6.02. The first-order valence-electron chi connectivity index (χ1n) is 7.95. The molecule has 2 N–H and O–H groups in total. The lowest BCUT2D eigenvalue weighted by Crippen LogP contribution is -2.51. The van der Waals surface area contributed by atoms with Crippen LogP contribution in [0.2, 0.25) is 0 Å². The lowest BCUT2D eigenvalue weighted by molar-refractivity contribution is 0.378. The van der Waals surface area contributed by atoms with Crippen LogP contribution >= 0.6 is 39.9 Å². The molecule has 0 unspecified atom stereocenters. The minimum Gasteiger partial charge on any atom is -0.370 e. The molecular formula is C17H22BrIN6. The number of aromatic nitrogens is 2. The molecule has 134 valence electrons. The third kappa shape index (κ3) is 5.27. The number of benzene rings is 1. The first kappa shape index (κ1) is 19.9. The average molecular weight is 517 g/mol. The van der Waals surface area contributed by atoms with Gasteiger partial charge < -0.3 is 15.5 Å². The van der Waals surface area contributed by atoms with Gasteiger partial charge in [0.05, 0.1) is 6.54 Å². The number of guanidine groups is 1. The van der Waals surface area contributed by atoms with E-state index in [1.54, 1.807) is 12.4 Å². The summed E-state index contributed by atoms with van der Waals surface area (Å²) in [6.07, 6.45) is 3.54. The maximum atomic E-state index is 6.18. The van der Waals surface area contributed by atoms with Crippen molar-refractivity contribution in [3.63, 3.8) is 0 Å². The summed E-state index contributed by atoms with van der Waals surface area (Å²) in [5.41, 5.74) is 8.59. The van der Waals surface area contributed by atoms with Gasteiger partial charge in [0.2, 0.25) is 5.95 Å². The Balaban J connectivity index is 0.00000225. The summed E-state index contributed by atoms with van der Waals surface area (Å²) >= 11 is 3.50. The van der Waals surface area contributed by atoms with Crippen LogP contribution in [0.1, 0.15) is 11.1 Å². The molecule has 1 aromatic heterocycles. The van der Waals surface area contributed by atoms with E-state index in [1.807, 2.05) is 12.1 Å². The zero-order chi connectivity index (χ0) is 16.9. The van der Waals surface area contributed by atoms with Crippen LogP contribution in [0.15, 0.2) is 46.1 Å². The molecule has 2 aromatic rings. The number of hydrogen-bond donors (Lipinski definition) is 1. The highest BCUT2D eigenvalue weighted by Crippen LogP contribution is 2.17. The molecule has 0 bridgehead atoms. The average Bonchev–Trinajstić information content (AvgIpc) is 2.63. The van der Waals surface area contributed by atoms with Gasteiger partial charge in [-0.15, -0.1) is 24.0 Å². The predicted molar refractivity (Wildman–Crippen MR) is 115 cm³/mol. The Labute approximate surface area is 173 Å². The van der Waals surface area contributed by atoms with Gasteiger partial charge in [-0.2, -0.15) is 0 Å². The first-order chi connectivity index (χ1) is 11.6. The number of piperazine rings is 1. The van der Waals surface area contributed by atoms with E-state index in [1.165, 1.54) is 11.1 Å². The largest absolute Gasteiger partial charge is 0.370 e. The van der Waals surface area contributed by atoms with Crippen LogP contribution in [0.3, 0.4) is 0 Å². The van der Waals surface area contributed by atoms with Gasteiger partial charge in [0, 0.05) is 43.0 Å². The van der Waals surface area contributed by atoms with E-state index in [4.69, 9.17) is 5.73 Å². The molecule has 6 nitrogen and oxygen atoms in total. The maximum Gasteiger partial charge on any atom is 0.225 e. The van der Waals surface area contributed by atoms with Crippen molar-refractivity contribution in [1.82, 2.24) is 14.9 Å². The lowest BCUT2D eigenvalue weighted by Gasteiger charge is -2.35. The Bertz CT molecular complexity index is 716. The van der Waals surface area contributed by atoms with E-state index in [0.29, 0.717) is 12.5 Å². The fourth-order valence-electron chi connectivity index (χ4n) is 2.67. The van der Waals surface area contributed by atoms with Crippen molar-refractivity contribution >= 4 is 51.8 Å². The predicted octanol–water partition coefficient (Wildman–Crippen LogP) is 2.80. The van der Waals surface area contributed by atoms with Gasteiger partial charge in [-0.25, -0.2) is 15.0 Å². The van der Waals surface area contributed by atoms with Crippen LogP contribution in [0.5, 0.6) is 0 Å². The standard InChI is InChI=1S/C17H21BrN6.HI/c1-13-3-4-15(18)11-14(13)12-22-16(19)23-7-9-24(10-8-23)17-20-5-2-6-21-17;/h2-6,11H,7-10,12H2,1H3,(H2,19,22);1H. The molecule has 1 aliphatic rings. The number of nitrogens with two attached hydrogens (primary N) is 1. The fourth-order valence-corrected chi connectivity index (χ4v) is 3.08. The second-order valence-corrected chi connectivity index (χ2v) is 6.68. The molecule has 1 aromatic carbocycles. The summed E-state index contributed by atoms with van der Waals surface area (Å²) in [6, 6.07) is 8.05. The number of anilines is 1. The summed E-state index contributed by atoms with van der Waals surface area (Å²) in [5.74, 6) is 1.38. The number of rotatable bonds is 3. The van der Waals surface area contributed by atoms with E-state index < -0.39 is 0 Å². The second kappa shape index (κ2) is 9.33. The van der Waals surface area contributed by atoms with Gasteiger partial charge >= 0.3 is 0 Å². The van der Waals surface area contributed by atoms with Crippen molar-refractivity contribution in [3.8, 4) is 0 Å². The molecule has 2 heterocycles. The number of hydrogen-bond acceptors (Lipinski definition) is 4. The quantitative estimate of drug-likeness (QED) is 0.386. The van der Waals surface area contributed by atoms with Crippen LogP contribution in [0.4, 0.5) is 5.95 Å². The molecule has 8 heteroatoms. The van der Waals surface area contributed by atoms with Gasteiger partial charge in [-0.3, -0.25) is 0 Å². The number of nitrogens with zero attached hydrogens (tertiary/aromatic N) is 5. The topological polar surface area (TPSA) is 70.6 Å². The molecule has 25 heavy (non-hydrogen) atoms. The second-order valence-electron chi connectivity index (χ2n) is 5.77. The van der Waals surface area contributed by atoms with Crippen LogP contribution in [-0.4, -0.2) is 47.0 Å². The Morgan fingerprint density at radius 1 is 1.20 bits per heavy atom. The highest BCUT2D eigenvalue weighted by atomic mass is 127. The number of aryl methyl sites for hydroxylation is 1. The zero-order valence-corrected chi connectivity index (χ0v) is 18.0.